The van der Waals surface area contributed by atoms with Crippen molar-refractivity contribution in [3.63, 3.8) is 0 Å². The molecule has 3 nitrogen and oxygen atoms in total. The fraction of sp³-hybridized carbons (Fsp3) is 0.600. The van der Waals surface area contributed by atoms with Crippen LogP contribution in [-0.2, 0) is 12.7 Å². The number of nitrogens with zero attached hydrogens (tertiary/aromatic N) is 1. The second kappa shape index (κ2) is 5.18. The van der Waals surface area contributed by atoms with Crippen molar-refractivity contribution in [2.45, 2.75) is 56.6 Å². The van der Waals surface area contributed by atoms with Crippen molar-refractivity contribution in [2.75, 3.05) is 4.90 Å². The van der Waals surface area contributed by atoms with E-state index in [1.54, 1.807) is 6.07 Å². The zero-order valence-electron chi connectivity index (χ0n) is 11.6. The topological polar surface area (TPSA) is 49.5 Å². The Bertz CT molecular complexity index is 518. The van der Waals surface area contributed by atoms with E-state index in [2.05, 4.69) is 4.90 Å². The van der Waals surface area contributed by atoms with Crippen LogP contribution in [0.4, 0.5) is 18.9 Å². The Morgan fingerprint density at radius 3 is 2.33 bits per heavy atom. The minimum absolute atomic E-state index is 0.121. The molecular weight excluding hydrogens is 281 g/mol. The Hall–Kier alpha value is -1.27. The summed E-state index contributed by atoms with van der Waals surface area (Å²) in [6, 6.07) is 4.70. The fourth-order valence-corrected chi connectivity index (χ4v) is 3.74. The number of benzene rings is 1. The van der Waals surface area contributed by atoms with Crippen LogP contribution in [0.1, 0.15) is 36.8 Å². The molecule has 0 saturated carbocycles. The number of hydrogen-bond acceptors (Lipinski definition) is 3. The predicted octanol–water partition coefficient (Wildman–Crippen LogP) is 2.66. The Labute approximate surface area is 121 Å². The van der Waals surface area contributed by atoms with Gasteiger partial charge >= 0.3 is 6.18 Å². The van der Waals surface area contributed by atoms with Crippen molar-refractivity contribution in [2.24, 2.45) is 5.73 Å². The quantitative estimate of drug-likeness (QED) is 0.883. The molecule has 2 aliphatic rings. The molecule has 0 aromatic heterocycles. The molecule has 116 valence electrons. The highest BCUT2D eigenvalue weighted by molar-refractivity contribution is 5.55. The summed E-state index contributed by atoms with van der Waals surface area (Å²) in [6.07, 6.45) is -1.58. The van der Waals surface area contributed by atoms with Crippen molar-refractivity contribution in [3.05, 3.63) is 29.3 Å². The molecule has 6 heteroatoms. The van der Waals surface area contributed by atoms with Crippen LogP contribution in [-0.4, -0.2) is 23.3 Å². The van der Waals surface area contributed by atoms with E-state index in [-0.39, 0.29) is 30.3 Å². The third-order valence-electron chi connectivity index (χ3n) is 4.63. The first kappa shape index (κ1) is 14.7. The summed E-state index contributed by atoms with van der Waals surface area (Å²) < 4.78 is 39.4. The van der Waals surface area contributed by atoms with Crippen LogP contribution in [0.2, 0.25) is 0 Å². The molecule has 0 spiro atoms. The summed E-state index contributed by atoms with van der Waals surface area (Å²) in [5.74, 6) is 0. The van der Waals surface area contributed by atoms with E-state index in [4.69, 9.17) is 5.73 Å². The third-order valence-corrected chi connectivity index (χ3v) is 4.63. The molecule has 0 amide bonds. The number of aliphatic hydroxyl groups is 1. The molecular formula is C15H19F3N2O. The lowest BCUT2D eigenvalue weighted by Gasteiger charge is -2.39. The molecule has 0 radical (unpaired) electrons. The van der Waals surface area contributed by atoms with E-state index in [9.17, 15) is 18.3 Å². The van der Waals surface area contributed by atoms with E-state index in [0.29, 0.717) is 18.5 Å². The molecule has 2 aliphatic heterocycles. The van der Waals surface area contributed by atoms with Crippen LogP contribution < -0.4 is 10.6 Å². The summed E-state index contributed by atoms with van der Waals surface area (Å²) in [5.41, 5.74) is 5.49. The van der Waals surface area contributed by atoms with Gasteiger partial charge in [0, 0.05) is 24.3 Å². The summed E-state index contributed by atoms with van der Waals surface area (Å²) in [4.78, 5) is 2.06. The third kappa shape index (κ3) is 2.62. The predicted molar refractivity (Wildman–Crippen MR) is 73.9 cm³/mol. The number of aliphatic hydroxyl groups excluding tert-OH is 1. The van der Waals surface area contributed by atoms with Gasteiger partial charge in [-0.25, -0.2) is 0 Å². The van der Waals surface area contributed by atoms with Gasteiger partial charge < -0.3 is 15.7 Å². The summed E-state index contributed by atoms with van der Waals surface area (Å²) in [5, 5.41) is 9.80. The molecule has 21 heavy (non-hydrogen) atoms. The Kier molecular flexibility index (Phi) is 3.61. The molecule has 3 rings (SSSR count). The lowest BCUT2D eigenvalue weighted by molar-refractivity contribution is -0.138. The summed E-state index contributed by atoms with van der Waals surface area (Å²) >= 11 is 0. The maximum absolute atomic E-state index is 13.1. The van der Waals surface area contributed by atoms with Gasteiger partial charge in [-0.15, -0.1) is 0 Å². The molecule has 2 saturated heterocycles. The maximum Gasteiger partial charge on any atom is 0.416 e. The average Bonchev–Trinajstić information content (AvgIpc) is 2.69. The highest BCUT2D eigenvalue weighted by Gasteiger charge is 2.41. The number of hydrogen-bond donors (Lipinski definition) is 2. The minimum Gasteiger partial charge on any atom is -0.393 e. The van der Waals surface area contributed by atoms with Gasteiger partial charge in [-0.1, -0.05) is 6.07 Å². The number of nitrogens with two attached hydrogens (primary N) is 1. The molecule has 3 N–H and O–H groups in total. The Morgan fingerprint density at radius 1 is 1.19 bits per heavy atom. The lowest BCUT2D eigenvalue weighted by Crippen LogP contribution is -2.44. The zero-order valence-corrected chi connectivity index (χ0v) is 11.6. The second-order valence-electron chi connectivity index (χ2n) is 5.96. The fourth-order valence-electron chi connectivity index (χ4n) is 3.74. The molecule has 1 aromatic rings. The van der Waals surface area contributed by atoms with Crippen molar-refractivity contribution in [3.8, 4) is 0 Å². The van der Waals surface area contributed by atoms with Crippen molar-refractivity contribution < 1.29 is 18.3 Å². The SMILES string of the molecule is NCc1ccc(N2C3CCC2CC(O)C3)cc1C(F)(F)F. The Morgan fingerprint density at radius 2 is 1.81 bits per heavy atom. The largest absolute Gasteiger partial charge is 0.416 e. The zero-order chi connectivity index (χ0) is 15.2. The van der Waals surface area contributed by atoms with E-state index in [1.807, 2.05) is 0 Å². The van der Waals surface area contributed by atoms with Crippen LogP contribution >= 0.6 is 0 Å². The van der Waals surface area contributed by atoms with Gasteiger partial charge in [-0.2, -0.15) is 13.2 Å². The monoisotopic (exact) mass is 300 g/mol. The van der Waals surface area contributed by atoms with Crippen LogP contribution in [0.5, 0.6) is 0 Å². The number of anilines is 1. The first-order valence-electron chi connectivity index (χ1n) is 7.26. The molecule has 1 aromatic carbocycles. The molecule has 2 unspecified atom stereocenters. The Balaban J connectivity index is 1.97. The summed E-state index contributed by atoms with van der Waals surface area (Å²) in [7, 11) is 0. The number of piperidine rings is 1. The molecule has 2 fully saturated rings. The molecule has 2 atom stereocenters. The first-order valence-corrected chi connectivity index (χ1v) is 7.26. The summed E-state index contributed by atoms with van der Waals surface area (Å²) in [6.45, 7) is -0.124. The second-order valence-corrected chi connectivity index (χ2v) is 5.96. The van der Waals surface area contributed by atoms with Crippen molar-refractivity contribution in [1.29, 1.82) is 0 Å². The molecule has 2 heterocycles. The normalized spacial score (nSPS) is 29.0. The van der Waals surface area contributed by atoms with Crippen LogP contribution in [0.3, 0.4) is 0 Å². The molecule has 0 aliphatic carbocycles. The van der Waals surface area contributed by atoms with Gasteiger partial charge in [-0.05, 0) is 43.4 Å². The first-order chi connectivity index (χ1) is 9.90. The van der Waals surface area contributed by atoms with E-state index < -0.39 is 11.7 Å². The number of halogens is 3. The van der Waals surface area contributed by atoms with Gasteiger partial charge in [0.2, 0.25) is 0 Å². The lowest BCUT2D eigenvalue weighted by atomic mass is 9.97. The van der Waals surface area contributed by atoms with Crippen LogP contribution in [0.15, 0.2) is 18.2 Å². The standard InChI is InChI=1S/C15H19F3N2O/c16-15(17,18)14-7-12(2-1-9(14)8-19)20-10-3-4-11(20)6-13(21)5-10/h1-2,7,10-11,13,21H,3-6,8,19H2. The van der Waals surface area contributed by atoms with Gasteiger partial charge in [-0.3, -0.25) is 0 Å². The van der Waals surface area contributed by atoms with Crippen molar-refractivity contribution >= 4 is 5.69 Å². The van der Waals surface area contributed by atoms with E-state index in [0.717, 1.165) is 12.8 Å². The number of alkyl halides is 3. The number of fused-ring (bicyclic) bond motifs is 2. The number of rotatable bonds is 2. The van der Waals surface area contributed by atoms with Gasteiger partial charge in [0.1, 0.15) is 0 Å². The van der Waals surface area contributed by atoms with Crippen LogP contribution in [0.25, 0.3) is 0 Å². The maximum atomic E-state index is 13.1. The minimum atomic E-state index is -4.39. The van der Waals surface area contributed by atoms with Crippen LogP contribution in [0, 0.1) is 0 Å². The van der Waals surface area contributed by atoms with Gasteiger partial charge in [0.05, 0.1) is 11.7 Å². The molecule has 2 bridgehead atoms. The smallest absolute Gasteiger partial charge is 0.393 e. The van der Waals surface area contributed by atoms with Gasteiger partial charge in [0.25, 0.3) is 0 Å². The van der Waals surface area contributed by atoms with Gasteiger partial charge in [0.15, 0.2) is 0 Å². The van der Waals surface area contributed by atoms with Crippen molar-refractivity contribution in [1.82, 2.24) is 0 Å². The van der Waals surface area contributed by atoms with E-state index >= 15 is 0 Å². The average molecular weight is 300 g/mol. The highest BCUT2D eigenvalue weighted by atomic mass is 19.4. The highest BCUT2D eigenvalue weighted by Crippen LogP contribution is 2.41. The van der Waals surface area contributed by atoms with E-state index in [1.165, 1.54) is 12.1 Å².